The summed E-state index contributed by atoms with van der Waals surface area (Å²) in [7, 11) is 0. The van der Waals surface area contributed by atoms with Crippen LogP contribution in [0.15, 0.2) is 0 Å². The molecule has 2 heterocycles. The lowest BCUT2D eigenvalue weighted by molar-refractivity contribution is -0.123. The minimum atomic E-state index is 0.147. The van der Waals surface area contributed by atoms with Crippen LogP contribution in [-0.2, 0) is 17.8 Å². The number of rotatable bonds is 6. The van der Waals surface area contributed by atoms with E-state index in [1.165, 1.54) is 18.7 Å². The number of carbonyl (C=O) groups excluding carboxylic acids is 1. The van der Waals surface area contributed by atoms with Gasteiger partial charge in [0.2, 0.25) is 5.91 Å². The van der Waals surface area contributed by atoms with E-state index >= 15 is 0 Å². The summed E-state index contributed by atoms with van der Waals surface area (Å²) in [4.78, 5) is 14.3. The Bertz CT molecular complexity index is 519. The molecule has 122 valence electrons. The number of nitrogens with zero attached hydrogens (tertiary/aromatic N) is 4. The predicted octanol–water partition coefficient (Wildman–Crippen LogP) is 1.32. The molecule has 0 saturated heterocycles. The van der Waals surface area contributed by atoms with E-state index in [4.69, 9.17) is 0 Å². The molecule has 1 N–H and O–H groups in total. The zero-order valence-electron chi connectivity index (χ0n) is 13.7. The maximum absolute atomic E-state index is 12.2. The van der Waals surface area contributed by atoms with Crippen molar-refractivity contribution < 1.29 is 4.79 Å². The van der Waals surface area contributed by atoms with Gasteiger partial charge in [-0.15, -0.1) is 10.2 Å². The van der Waals surface area contributed by atoms with Crippen LogP contribution in [0.3, 0.4) is 0 Å². The standard InChI is InChI=1S/C16H27N5O/c1-3-20(4-2)11-15(22)17-13-7-8-14-18-19-16(12-5-6-12)21(14)10-9-13/h12-13H,3-11H2,1-2H3,(H,17,22). The number of amides is 1. The van der Waals surface area contributed by atoms with Crippen LogP contribution in [0.2, 0.25) is 0 Å². The highest BCUT2D eigenvalue weighted by Gasteiger charge is 2.31. The average molecular weight is 305 g/mol. The normalized spacial score (nSPS) is 21.5. The highest BCUT2D eigenvalue weighted by molar-refractivity contribution is 5.78. The van der Waals surface area contributed by atoms with Gasteiger partial charge in [-0.05, 0) is 38.8 Å². The smallest absolute Gasteiger partial charge is 0.234 e. The maximum Gasteiger partial charge on any atom is 0.234 e. The summed E-state index contributed by atoms with van der Waals surface area (Å²) in [5, 5.41) is 11.9. The zero-order valence-corrected chi connectivity index (χ0v) is 13.7. The van der Waals surface area contributed by atoms with Crippen LogP contribution in [0.5, 0.6) is 0 Å². The molecule has 0 bridgehead atoms. The van der Waals surface area contributed by atoms with Gasteiger partial charge in [0.25, 0.3) is 0 Å². The van der Waals surface area contributed by atoms with Crippen molar-refractivity contribution in [1.29, 1.82) is 0 Å². The molecule has 0 spiro atoms. The van der Waals surface area contributed by atoms with E-state index in [2.05, 4.69) is 38.8 Å². The van der Waals surface area contributed by atoms with Gasteiger partial charge in [0, 0.05) is 24.9 Å². The van der Waals surface area contributed by atoms with Gasteiger partial charge in [0.15, 0.2) is 0 Å². The van der Waals surface area contributed by atoms with E-state index in [-0.39, 0.29) is 11.9 Å². The van der Waals surface area contributed by atoms with Gasteiger partial charge in [0.05, 0.1) is 6.54 Å². The number of hydrogen-bond donors (Lipinski definition) is 1. The van der Waals surface area contributed by atoms with E-state index in [0.717, 1.165) is 44.7 Å². The molecule has 1 aliphatic carbocycles. The number of carbonyl (C=O) groups is 1. The largest absolute Gasteiger partial charge is 0.352 e. The Kier molecular flexibility index (Phi) is 4.76. The highest BCUT2D eigenvalue weighted by Crippen LogP contribution is 2.39. The molecule has 1 aliphatic heterocycles. The van der Waals surface area contributed by atoms with Crippen molar-refractivity contribution in [1.82, 2.24) is 25.0 Å². The Labute approximate surface area is 132 Å². The number of likely N-dealkylation sites (N-methyl/N-ethyl adjacent to an activating group) is 1. The second-order valence-corrected chi connectivity index (χ2v) is 6.45. The molecule has 0 aromatic carbocycles. The molecule has 0 radical (unpaired) electrons. The minimum Gasteiger partial charge on any atom is -0.352 e. The van der Waals surface area contributed by atoms with Crippen molar-refractivity contribution in [2.75, 3.05) is 19.6 Å². The average Bonchev–Trinajstić information content (AvgIpc) is 3.31. The van der Waals surface area contributed by atoms with Crippen LogP contribution in [0.4, 0.5) is 0 Å². The van der Waals surface area contributed by atoms with Crippen LogP contribution in [0, 0.1) is 0 Å². The molecule has 6 heteroatoms. The van der Waals surface area contributed by atoms with Gasteiger partial charge >= 0.3 is 0 Å². The summed E-state index contributed by atoms with van der Waals surface area (Å²) in [5.41, 5.74) is 0. The highest BCUT2D eigenvalue weighted by atomic mass is 16.2. The van der Waals surface area contributed by atoms with Gasteiger partial charge in [-0.25, -0.2) is 0 Å². The van der Waals surface area contributed by atoms with Gasteiger partial charge in [-0.2, -0.15) is 0 Å². The fourth-order valence-electron chi connectivity index (χ4n) is 3.22. The SMILES string of the molecule is CCN(CC)CC(=O)NC1CCc2nnc(C3CC3)n2CC1. The fourth-order valence-corrected chi connectivity index (χ4v) is 3.22. The molecule has 1 saturated carbocycles. The van der Waals surface area contributed by atoms with Crippen LogP contribution >= 0.6 is 0 Å². The van der Waals surface area contributed by atoms with Crippen molar-refractivity contribution in [3.05, 3.63) is 11.6 Å². The van der Waals surface area contributed by atoms with Crippen molar-refractivity contribution >= 4 is 5.91 Å². The Morgan fingerprint density at radius 3 is 2.68 bits per heavy atom. The third-order valence-electron chi connectivity index (χ3n) is 4.84. The fraction of sp³-hybridized carbons (Fsp3) is 0.812. The number of aromatic nitrogens is 3. The molecule has 3 rings (SSSR count). The lowest BCUT2D eigenvalue weighted by atomic mass is 10.1. The van der Waals surface area contributed by atoms with Gasteiger partial charge in [-0.1, -0.05) is 13.8 Å². The number of nitrogens with one attached hydrogen (secondary N) is 1. The first kappa shape index (κ1) is 15.5. The summed E-state index contributed by atoms with van der Waals surface area (Å²) in [6.45, 7) is 7.45. The molecular weight excluding hydrogens is 278 g/mol. The second-order valence-electron chi connectivity index (χ2n) is 6.45. The van der Waals surface area contributed by atoms with Crippen LogP contribution in [-0.4, -0.2) is 51.2 Å². The third-order valence-corrected chi connectivity index (χ3v) is 4.84. The van der Waals surface area contributed by atoms with Crippen molar-refractivity contribution in [2.45, 2.75) is 64.5 Å². The lowest BCUT2D eigenvalue weighted by Crippen LogP contribution is -2.42. The van der Waals surface area contributed by atoms with Crippen molar-refractivity contribution in [2.24, 2.45) is 0 Å². The summed E-state index contributed by atoms with van der Waals surface area (Å²) in [5.74, 6) is 3.05. The summed E-state index contributed by atoms with van der Waals surface area (Å²) < 4.78 is 2.30. The number of fused-ring (bicyclic) bond motifs is 1. The first-order chi connectivity index (χ1) is 10.7. The monoisotopic (exact) mass is 305 g/mol. The van der Waals surface area contributed by atoms with Crippen LogP contribution < -0.4 is 5.32 Å². The summed E-state index contributed by atoms with van der Waals surface area (Å²) in [6.07, 6.45) is 5.36. The predicted molar refractivity (Wildman–Crippen MR) is 84.7 cm³/mol. The Morgan fingerprint density at radius 1 is 1.23 bits per heavy atom. The van der Waals surface area contributed by atoms with E-state index in [1.54, 1.807) is 0 Å². The molecule has 1 atom stereocenters. The summed E-state index contributed by atoms with van der Waals surface area (Å²) in [6, 6.07) is 0.261. The van der Waals surface area contributed by atoms with E-state index in [0.29, 0.717) is 12.5 Å². The Balaban J connectivity index is 1.54. The van der Waals surface area contributed by atoms with Crippen molar-refractivity contribution in [3.8, 4) is 0 Å². The van der Waals surface area contributed by atoms with Gasteiger partial charge in [0.1, 0.15) is 11.6 Å². The molecule has 1 aromatic rings. The molecule has 1 unspecified atom stereocenters. The molecule has 1 fully saturated rings. The molecule has 1 aromatic heterocycles. The first-order valence-corrected chi connectivity index (χ1v) is 8.65. The first-order valence-electron chi connectivity index (χ1n) is 8.65. The van der Waals surface area contributed by atoms with E-state index in [9.17, 15) is 4.79 Å². The number of aryl methyl sites for hydroxylation is 1. The zero-order chi connectivity index (χ0) is 15.5. The molecule has 2 aliphatic rings. The Hall–Kier alpha value is -1.43. The lowest BCUT2D eigenvalue weighted by Gasteiger charge is -2.21. The third kappa shape index (κ3) is 3.48. The molecule has 6 nitrogen and oxygen atoms in total. The quantitative estimate of drug-likeness (QED) is 0.861. The second kappa shape index (κ2) is 6.77. The van der Waals surface area contributed by atoms with Gasteiger partial charge in [-0.3, -0.25) is 9.69 Å². The van der Waals surface area contributed by atoms with Gasteiger partial charge < -0.3 is 9.88 Å². The number of hydrogen-bond acceptors (Lipinski definition) is 4. The molecular formula is C16H27N5O. The minimum absolute atomic E-state index is 0.147. The Morgan fingerprint density at radius 2 is 2.00 bits per heavy atom. The topological polar surface area (TPSA) is 63.1 Å². The van der Waals surface area contributed by atoms with Crippen molar-refractivity contribution in [3.63, 3.8) is 0 Å². The van der Waals surface area contributed by atoms with Crippen LogP contribution in [0.1, 0.15) is 57.1 Å². The molecule has 22 heavy (non-hydrogen) atoms. The van der Waals surface area contributed by atoms with Crippen LogP contribution in [0.25, 0.3) is 0 Å². The molecule has 1 amide bonds. The van der Waals surface area contributed by atoms with E-state index < -0.39 is 0 Å². The van der Waals surface area contributed by atoms with E-state index in [1.807, 2.05) is 0 Å². The maximum atomic E-state index is 12.2. The summed E-state index contributed by atoms with van der Waals surface area (Å²) >= 11 is 0.